The maximum atomic E-state index is 11.8. The molecule has 0 saturated carbocycles. The topological polar surface area (TPSA) is 67.4 Å². The van der Waals surface area contributed by atoms with Gasteiger partial charge < -0.3 is 15.4 Å². The summed E-state index contributed by atoms with van der Waals surface area (Å²) in [6.45, 7) is 0.354. The SMILES string of the molecule is COc1ccc(CNC(=O)CC(=O)Nc2cccc(Cl)c2)cc1. The molecule has 120 valence electrons. The maximum absolute atomic E-state index is 11.8. The Labute approximate surface area is 139 Å². The number of nitrogens with one attached hydrogen (secondary N) is 2. The van der Waals surface area contributed by atoms with Crippen molar-refractivity contribution in [2.75, 3.05) is 12.4 Å². The molecule has 2 amide bonds. The number of hydrogen-bond acceptors (Lipinski definition) is 3. The molecule has 0 bridgehead atoms. The molecule has 0 unspecified atom stereocenters. The third-order valence-electron chi connectivity index (χ3n) is 3.08. The van der Waals surface area contributed by atoms with Gasteiger partial charge in [-0.3, -0.25) is 9.59 Å². The number of carbonyl (C=O) groups excluding carboxylic acids is 2. The Hall–Kier alpha value is -2.53. The van der Waals surface area contributed by atoms with Crippen LogP contribution in [0.2, 0.25) is 5.02 Å². The van der Waals surface area contributed by atoms with Crippen LogP contribution in [0.4, 0.5) is 5.69 Å². The van der Waals surface area contributed by atoms with Crippen LogP contribution in [0.1, 0.15) is 12.0 Å². The van der Waals surface area contributed by atoms with Crippen LogP contribution >= 0.6 is 11.6 Å². The molecule has 0 aliphatic carbocycles. The van der Waals surface area contributed by atoms with E-state index in [-0.39, 0.29) is 18.2 Å². The summed E-state index contributed by atoms with van der Waals surface area (Å²) >= 11 is 5.83. The van der Waals surface area contributed by atoms with Gasteiger partial charge in [0.05, 0.1) is 7.11 Å². The van der Waals surface area contributed by atoms with E-state index in [0.29, 0.717) is 17.3 Å². The fraction of sp³-hybridized carbons (Fsp3) is 0.176. The summed E-state index contributed by atoms with van der Waals surface area (Å²) in [6.07, 6.45) is -0.247. The van der Waals surface area contributed by atoms with Crippen LogP contribution in [0, 0.1) is 0 Å². The Morgan fingerprint density at radius 2 is 1.83 bits per heavy atom. The third kappa shape index (κ3) is 5.64. The first-order valence-electron chi connectivity index (χ1n) is 7.02. The lowest BCUT2D eigenvalue weighted by atomic mass is 10.2. The number of hydrogen-bond donors (Lipinski definition) is 2. The summed E-state index contributed by atoms with van der Waals surface area (Å²) in [5, 5.41) is 5.84. The Morgan fingerprint density at radius 1 is 1.09 bits per heavy atom. The van der Waals surface area contributed by atoms with Gasteiger partial charge in [-0.15, -0.1) is 0 Å². The lowest BCUT2D eigenvalue weighted by Gasteiger charge is -2.07. The minimum absolute atomic E-state index is 0.247. The molecular formula is C17H17ClN2O3. The number of amides is 2. The van der Waals surface area contributed by atoms with Gasteiger partial charge in [0.2, 0.25) is 11.8 Å². The van der Waals surface area contributed by atoms with Crippen molar-refractivity contribution in [3.8, 4) is 5.75 Å². The largest absolute Gasteiger partial charge is 0.497 e. The highest BCUT2D eigenvalue weighted by Gasteiger charge is 2.09. The zero-order valence-electron chi connectivity index (χ0n) is 12.6. The van der Waals surface area contributed by atoms with Gasteiger partial charge in [0.25, 0.3) is 0 Å². The number of halogens is 1. The number of methoxy groups -OCH3 is 1. The summed E-state index contributed by atoms with van der Waals surface area (Å²) in [4.78, 5) is 23.6. The zero-order chi connectivity index (χ0) is 16.7. The van der Waals surface area contributed by atoms with Crippen molar-refractivity contribution in [3.05, 3.63) is 59.1 Å². The summed E-state index contributed by atoms with van der Waals surface area (Å²) in [5.74, 6) is 0.0146. The van der Waals surface area contributed by atoms with E-state index in [9.17, 15) is 9.59 Å². The highest BCUT2D eigenvalue weighted by Crippen LogP contribution is 2.15. The van der Waals surface area contributed by atoms with Crippen LogP contribution in [0.25, 0.3) is 0 Å². The van der Waals surface area contributed by atoms with Crippen molar-refractivity contribution >= 4 is 29.1 Å². The van der Waals surface area contributed by atoms with E-state index in [1.54, 1.807) is 31.4 Å². The predicted molar refractivity (Wildman–Crippen MR) is 89.5 cm³/mol. The van der Waals surface area contributed by atoms with Crippen molar-refractivity contribution < 1.29 is 14.3 Å². The van der Waals surface area contributed by atoms with Crippen LogP contribution in [-0.2, 0) is 16.1 Å². The Bertz CT molecular complexity index is 686. The number of carbonyl (C=O) groups is 2. The van der Waals surface area contributed by atoms with E-state index in [1.165, 1.54) is 0 Å². The fourth-order valence-corrected chi connectivity index (χ4v) is 2.11. The van der Waals surface area contributed by atoms with Crippen molar-refractivity contribution in [2.45, 2.75) is 13.0 Å². The van der Waals surface area contributed by atoms with Crippen molar-refractivity contribution in [2.24, 2.45) is 0 Å². The molecule has 2 rings (SSSR count). The molecule has 0 aliphatic rings. The molecule has 0 aromatic heterocycles. The monoisotopic (exact) mass is 332 g/mol. The lowest BCUT2D eigenvalue weighted by molar-refractivity contribution is -0.126. The average Bonchev–Trinajstić information content (AvgIpc) is 2.53. The number of benzene rings is 2. The summed E-state index contributed by atoms with van der Waals surface area (Å²) in [6, 6.07) is 14.1. The Kier molecular flexibility index (Phi) is 6.00. The van der Waals surface area contributed by atoms with Crippen LogP contribution in [0.15, 0.2) is 48.5 Å². The standard InChI is InChI=1S/C17H17ClN2O3/c1-23-15-7-5-12(6-8-15)11-19-16(21)10-17(22)20-14-4-2-3-13(18)9-14/h2-9H,10-11H2,1H3,(H,19,21)(H,20,22). The highest BCUT2D eigenvalue weighted by molar-refractivity contribution is 6.30. The smallest absolute Gasteiger partial charge is 0.233 e. The molecule has 2 aromatic rings. The Balaban J connectivity index is 1.78. The zero-order valence-corrected chi connectivity index (χ0v) is 13.4. The highest BCUT2D eigenvalue weighted by atomic mass is 35.5. The molecule has 0 saturated heterocycles. The summed E-state index contributed by atoms with van der Waals surface area (Å²) in [5.41, 5.74) is 1.49. The maximum Gasteiger partial charge on any atom is 0.233 e. The second-order valence-electron chi connectivity index (χ2n) is 4.86. The van der Waals surface area contributed by atoms with Gasteiger partial charge >= 0.3 is 0 Å². The molecule has 0 fully saturated rings. The van der Waals surface area contributed by atoms with Crippen molar-refractivity contribution in [3.63, 3.8) is 0 Å². The lowest BCUT2D eigenvalue weighted by Crippen LogP contribution is -2.27. The first-order chi connectivity index (χ1) is 11.1. The number of rotatable bonds is 6. The van der Waals surface area contributed by atoms with Crippen LogP contribution < -0.4 is 15.4 Å². The Morgan fingerprint density at radius 3 is 2.48 bits per heavy atom. The van der Waals surface area contributed by atoms with Gasteiger partial charge in [-0.2, -0.15) is 0 Å². The van der Waals surface area contributed by atoms with Gasteiger partial charge in [0.15, 0.2) is 0 Å². The van der Waals surface area contributed by atoms with Gasteiger partial charge in [0.1, 0.15) is 12.2 Å². The van der Waals surface area contributed by atoms with Gasteiger partial charge in [-0.1, -0.05) is 29.8 Å². The molecule has 0 aliphatic heterocycles. The molecule has 2 aromatic carbocycles. The van der Waals surface area contributed by atoms with E-state index in [2.05, 4.69) is 10.6 Å². The predicted octanol–water partition coefficient (Wildman–Crippen LogP) is 2.99. The molecular weight excluding hydrogens is 316 g/mol. The van der Waals surface area contributed by atoms with E-state index in [1.807, 2.05) is 24.3 Å². The first kappa shape index (κ1) is 16.8. The van der Waals surface area contributed by atoms with E-state index < -0.39 is 0 Å². The van der Waals surface area contributed by atoms with Gasteiger partial charge in [-0.25, -0.2) is 0 Å². The quantitative estimate of drug-likeness (QED) is 0.799. The van der Waals surface area contributed by atoms with Crippen LogP contribution in [0.3, 0.4) is 0 Å². The molecule has 2 N–H and O–H groups in total. The van der Waals surface area contributed by atoms with Gasteiger partial charge in [0, 0.05) is 17.3 Å². The van der Waals surface area contributed by atoms with E-state index in [0.717, 1.165) is 11.3 Å². The molecule has 23 heavy (non-hydrogen) atoms. The molecule has 5 nitrogen and oxygen atoms in total. The molecule has 0 heterocycles. The second-order valence-corrected chi connectivity index (χ2v) is 5.30. The molecule has 0 spiro atoms. The summed E-state index contributed by atoms with van der Waals surface area (Å²) in [7, 11) is 1.59. The van der Waals surface area contributed by atoms with Gasteiger partial charge in [-0.05, 0) is 35.9 Å². The van der Waals surface area contributed by atoms with Crippen molar-refractivity contribution in [1.82, 2.24) is 5.32 Å². The minimum atomic E-state index is -0.389. The fourth-order valence-electron chi connectivity index (χ4n) is 1.92. The molecule has 0 atom stereocenters. The third-order valence-corrected chi connectivity index (χ3v) is 3.31. The van der Waals surface area contributed by atoms with Crippen LogP contribution in [0.5, 0.6) is 5.75 Å². The second kappa shape index (κ2) is 8.19. The summed E-state index contributed by atoms with van der Waals surface area (Å²) < 4.78 is 5.06. The first-order valence-corrected chi connectivity index (χ1v) is 7.39. The molecule has 0 radical (unpaired) electrons. The van der Waals surface area contributed by atoms with E-state index >= 15 is 0 Å². The molecule has 6 heteroatoms. The number of anilines is 1. The van der Waals surface area contributed by atoms with E-state index in [4.69, 9.17) is 16.3 Å². The number of ether oxygens (including phenoxy) is 1. The normalized spacial score (nSPS) is 10.0. The minimum Gasteiger partial charge on any atom is -0.497 e. The average molecular weight is 333 g/mol. The van der Waals surface area contributed by atoms with Crippen LogP contribution in [-0.4, -0.2) is 18.9 Å². The van der Waals surface area contributed by atoms with Crippen molar-refractivity contribution in [1.29, 1.82) is 0 Å².